The Morgan fingerprint density at radius 1 is 1.12 bits per heavy atom. The largest absolute Gasteiger partial charge is 0.342 e. The van der Waals surface area contributed by atoms with Gasteiger partial charge in [-0.25, -0.2) is 0 Å². The van der Waals surface area contributed by atoms with Gasteiger partial charge in [-0.1, -0.05) is 6.07 Å². The van der Waals surface area contributed by atoms with Crippen molar-refractivity contribution in [3.63, 3.8) is 0 Å². The van der Waals surface area contributed by atoms with E-state index in [1.54, 1.807) is 12.3 Å². The number of pyridine rings is 1. The summed E-state index contributed by atoms with van der Waals surface area (Å²) in [5.74, 6) is -0.985. The third-order valence-corrected chi connectivity index (χ3v) is 8.14. The standard InChI is InChI=1S/C30H37FN4O5/c1-20(36)13-24(26-14-25(17-33-18-26)22-5-6-27(31)28(15-22)35(39)40)16-29(37)23-3-2-12-34(19-23)30(38)7-4-21-8-10-32-11-9-21/h5-6,14-15,17-18,21,23-24,32H,2-4,7-13,16,19H2,1H3/t23-,24-/m1/s1. The maximum absolute atomic E-state index is 13.9. The molecule has 0 bridgehead atoms. The van der Waals surface area contributed by atoms with E-state index in [9.17, 15) is 28.9 Å². The normalized spacial score (nSPS) is 18.8. The number of amides is 1. The van der Waals surface area contributed by atoms with Crippen molar-refractivity contribution in [3.05, 3.63) is 58.2 Å². The van der Waals surface area contributed by atoms with Crippen LogP contribution in [0.4, 0.5) is 10.1 Å². The summed E-state index contributed by atoms with van der Waals surface area (Å²) in [4.78, 5) is 55.0. The number of benzene rings is 1. The number of nitro benzene ring substituents is 1. The molecule has 2 fully saturated rings. The minimum atomic E-state index is -0.927. The molecule has 2 aromatic rings. The Hall–Kier alpha value is -3.53. The number of likely N-dealkylation sites (tertiary alicyclic amines) is 1. The number of nitrogens with zero attached hydrogens (tertiary/aromatic N) is 3. The Balaban J connectivity index is 1.43. The van der Waals surface area contributed by atoms with Crippen molar-refractivity contribution >= 4 is 23.2 Å². The lowest BCUT2D eigenvalue weighted by Crippen LogP contribution is -2.42. The number of carbonyl (C=O) groups is 3. The third-order valence-electron chi connectivity index (χ3n) is 8.14. The molecule has 3 heterocycles. The Morgan fingerprint density at radius 2 is 1.90 bits per heavy atom. The summed E-state index contributed by atoms with van der Waals surface area (Å²) in [6, 6.07) is 5.38. The second-order valence-corrected chi connectivity index (χ2v) is 11.1. The number of halogens is 1. The van der Waals surface area contributed by atoms with E-state index in [1.165, 1.54) is 19.2 Å². The van der Waals surface area contributed by atoms with Gasteiger partial charge in [-0.2, -0.15) is 4.39 Å². The molecule has 40 heavy (non-hydrogen) atoms. The lowest BCUT2D eigenvalue weighted by molar-refractivity contribution is -0.387. The second kappa shape index (κ2) is 13.7. The van der Waals surface area contributed by atoms with E-state index >= 15 is 0 Å². The van der Waals surface area contributed by atoms with E-state index in [0.29, 0.717) is 48.5 Å². The van der Waals surface area contributed by atoms with Crippen molar-refractivity contribution in [1.82, 2.24) is 15.2 Å². The highest BCUT2D eigenvalue weighted by atomic mass is 19.1. The van der Waals surface area contributed by atoms with Crippen LogP contribution in [0.15, 0.2) is 36.7 Å². The van der Waals surface area contributed by atoms with Crippen molar-refractivity contribution in [3.8, 4) is 11.1 Å². The number of hydrogen-bond acceptors (Lipinski definition) is 7. The Morgan fingerprint density at radius 3 is 2.62 bits per heavy atom. The highest BCUT2D eigenvalue weighted by Crippen LogP contribution is 2.32. The molecule has 0 saturated carbocycles. The van der Waals surface area contributed by atoms with E-state index < -0.39 is 22.3 Å². The molecule has 2 aliphatic rings. The molecule has 0 aliphatic carbocycles. The van der Waals surface area contributed by atoms with Crippen LogP contribution in [0.3, 0.4) is 0 Å². The van der Waals surface area contributed by atoms with Crippen molar-refractivity contribution in [1.29, 1.82) is 0 Å². The van der Waals surface area contributed by atoms with E-state index in [4.69, 9.17) is 0 Å². The summed E-state index contributed by atoms with van der Waals surface area (Å²) in [6.45, 7) is 4.56. The minimum absolute atomic E-state index is 0.0185. The molecule has 0 spiro atoms. The van der Waals surface area contributed by atoms with E-state index in [2.05, 4.69) is 10.3 Å². The fraction of sp³-hybridized carbons (Fsp3) is 0.533. The average Bonchev–Trinajstić information content (AvgIpc) is 2.96. The molecule has 1 aromatic heterocycles. The van der Waals surface area contributed by atoms with Crippen LogP contribution in [0.25, 0.3) is 11.1 Å². The molecule has 4 rings (SSSR count). The van der Waals surface area contributed by atoms with E-state index in [-0.39, 0.29) is 36.2 Å². The third kappa shape index (κ3) is 7.78. The monoisotopic (exact) mass is 552 g/mol. The van der Waals surface area contributed by atoms with Gasteiger partial charge in [-0.3, -0.25) is 24.7 Å². The molecule has 1 N–H and O–H groups in total. The zero-order valence-corrected chi connectivity index (χ0v) is 22.9. The molecule has 2 saturated heterocycles. The van der Waals surface area contributed by atoms with Gasteiger partial charge in [0.25, 0.3) is 0 Å². The van der Waals surface area contributed by atoms with Gasteiger partial charge in [0, 0.05) is 62.3 Å². The molecular formula is C30H37FN4O5. The number of nitrogens with one attached hydrogen (secondary N) is 1. The van der Waals surface area contributed by atoms with Gasteiger partial charge < -0.3 is 15.0 Å². The number of ketones is 2. The number of aromatic nitrogens is 1. The van der Waals surface area contributed by atoms with Crippen molar-refractivity contribution in [2.24, 2.45) is 11.8 Å². The fourth-order valence-corrected chi connectivity index (χ4v) is 5.86. The summed E-state index contributed by atoms with van der Waals surface area (Å²) >= 11 is 0. The number of nitro groups is 1. The molecule has 214 valence electrons. The zero-order valence-electron chi connectivity index (χ0n) is 22.9. The van der Waals surface area contributed by atoms with Crippen molar-refractivity contribution in [2.75, 3.05) is 26.2 Å². The van der Waals surface area contributed by atoms with E-state index in [0.717, 1.165) is 50.9 Å². The van der Waals surface area contributed by atoms with Crippen LogP contribution in [-0.2, 0) is 14.4 Å². The topological polar surface area (TPSA) is 123 Å². The van der Waals surface area contributed by atoms with Crippen LogP contribution in [0.5, 0.6) is 0 Å². The fourth-order valence-electron chi connectivity index (χ4n) is 5.86. The first-order valence-electron chi connectivity index (χ1n) is 14.1. The van der Waals surface area contributed by atoms with Crippen LogP contribution in [0.2, 0.25) is 0 Å². The molecule has 0 unspecified atom stereocenters. The van der Waals surface area contributed by atoms with Gasteiger partial charge in [0.15, 0.2) is 0 Å². The molecular weight excluding hydrogens is 515 g/mol. The smallest absolute Gasteiger partial charge is 0.305 e. The Labute approximate surface area is 233 Å². The van der Waals surface area contributed by atoms with Gasteiger partial charge in [-0.05, 0) is 87.2 Å². The summed E-state index contributed by atoms with van der Waals surface area (Å²) < 4.78 is 13.9. The van der Waals surface area contributed by atoms with E-state index in [1.807, 2.05) is 4.90 Å². The maximum Gasteiger partial charge on any atom is 0.305 e. The van der Waals surface area contributed by atoms with Gasteiger partial charge in [0.2, 0.25) is 11.7 Å². The molecule has 9 nitrogen and oxygen atoms in total. The molecule has 10 heteroatoms. The SMILES string of the molecule is CC(=O)C[C@H](CC(=O)[C@@H]1CCCN(C(=O)CCC2CCNCC2)C1)c1cncc(-c2ccc(F)c([N+](=O)[O-])c2)c1. The highest BCUT2D eigenvalue weighted by Gasteiger charge is 2.31. The number of Topliss-reactive ketones (excluding diaryl/α,β-unsaturated/α-hetero) is 2. The number of rotatable bonds is 11. The summed E-state index contributed by atoms with van der Waals surface area (Å²) in [5.41, 5.74) is 0.982. The number of piperidine rings is 2. The van der Waals surface area contributed by atoms with Crippen LogP contribution in [-0.4, -0.2) is 58.5 Å². The molecule has 2 aliphatic heterocycles. The van der Waals surface area contributed by atoms with Crippen LogP contribution in [0.1, 0.15) is 69.8 Å². The first kappa shape index (κ1) is 29.5. The van der Waals surface area contributed by atoms with Gasteiger partial charge in [0.05, 0.1) is 4.92 Å². The van der Waals surface area contributed by atoms with Crippen molar-refractivity contribution in [2.45, 2.75) is 64.2 Å². The summed E-state index contributed by atoms with van der Waals surface area (Å²) in [7, 11) is 0. The second-order valence-electron chi connectivity index (χ2n) is 11.1. The van der Waals surface area contributed by atoms with Gasteiger partial charge >= 0.3 is 5.69 Å². The van der Waals surface area contributed by atoms with Crippen LogP contribution < -0.4 is 5.32 Å². The summed E-state index contributed by atoms with van der Waals surface area (Å²) in [5, 5.41) is 14.5. The minimum Gasteiger partial charge on any atom is -0.342 e. The molecule has 1 amide bonds. The first-order valence-corrected chi connectivity index (χ1v) is 14.1. The highest BCUT2D eigenvalue weighted by molar-refractivity contribution is 5.85. The predicted octanol–water partition coefficient (Wildman–Crippen LogP) is 4.84. The van der Waals surface area contributed by atoms with Crippen molar-refractivity contribution < 1.29 is 23.7 Å². The Kier molecular flexibility index (Phi) is 10.1. The molecule has 2 atom stereocenters. The lowest BCUT2D eigenvalue weighted by atomic mass is 9.83. The van der Waals surface area contributed by atoms with Gasteiger partial charge in [0.1, 0.15) is 11.6 Å². The zero-order chi connectivity index (χ0) is 28.6. The number of hydrogen-bond donors (Lipinski definition) is 1. The average molecular weight is 553 g/mol. The predicted molar refractivity (Wildman–Crippen MR) is 148 cm³/mol. The van der Waals surface area contributed by atoms with Crippen LogP contribution in [0, 0.1) is 27.8 Å². The number of carbonyl (C=O) groups excluding carboxylic acids is 3. The van der Waals surface area contributed by atoms with Crippen LogP contribution >= 0.6 is 0 Å². The first-order chi connectivity index (χ1) is 19.2. The Bertz CT molecular complexity index is 1250. The van der Waals surface area contributed by atoms with Gasteiger partial charge in [-0.15, -0.1) is 0 Å². The quantitative estimate of drug-likeness (QED) is 0.313. The summed E-state index contributed by atoms with van der Waals surface area (Å²) in [6.07, 6.45) is 8.47. The molecule has 0 radical (unpaired) electrons. The maximum atomic E-state index is 13.9. The lowest BCUT2D eigenvalue weighted by Gasteiger charge is -2.33. The molecule has 1 aromatic carbocycles.